The Morgan fingerprint density at radius 2 is 1.00 bits per heavy atom. The van der Waals surface area contributed by atoms with Crippen LogP contribution in [0.4, 0.5) is 11.4 Å². The minimum Gasteiger partial charge on any atom is -0.476 e. The van der Waals surface area contributed by atoms with E-state index in [4.69, 9.17) is 32.7 Å². The predicted molar refractivity (Wildman–Crippen MR) is 209 cm³/mol. The van der Waals surface area contributed by atoms with Crippen molar-refractivity contribution in [1.82, 2.24) is 10.6 Å². The summed E-state index contributed by atoms with van der Waals surface area (Å²) in [6.07, 6.45) is 2.24. The van der Waals surface area contributed by atoms with Crippen molar-refractivity contribution in [2.24, 2.45) is 0 Å². The van der Waals surface area contributed by atoms with Gasteiger partial charge in [0.05, 0.1) is 21.4 Å². The van der Waals surface area contributed by atoms with E-state index < -0.39 is 11.2 Å². The highest BCUT2D eigenvalue weighted by Crippen LogP contribution is 2.47. The smallest absolute Gasteiger partial charge is 0.270 e. The highest BCUT2D eigenvalue weighted by atomic mass is 35.5. The van der Waals surface area contributed by atoms with Crippen LogP contribution in [-0.2, 0) is 19.2 Å². The number of halogens is 2. The van der Waals surface area contributed by atoms with Crippen molar-refractivity contribution < 1.29 is 28.7 Å². The molecule has 4 amide bonds. The van der Waals surface area contributed by atoms with Gasteiger partial charge in [0.25, 0.3) is 11.8 Å². The van der Waals surface area contributed by atoms with Crippen molar-refractivity contribution in [3.05, 3.63) is 82.8 Å². The Kier molecular flexibility index (Phi) is 8.89. The van der Waals surface area contributed by atoms with Crippen molar-refractivity contribution in [1.29, 1.82) is 0 Å². The molecule has 0 saturated carbocycles. The summed E-state index contributed by atoms with van der Waals surface area (Å²) in [5.74, 6) is 0.750. The van der Waals surface area contributed by atoms with Crippen LogP contribution in [0.2, 0.25) is 10.0 Å². The summed E-state index contributed by atoms with van der Waals surface area (Å²) in [4.78, 5) is 54.1. The van der Waals surface area contributed by atoms with Gasteiger partial charge in [-0.3, -0.25) is 19.2 Å². The molecule has 10 nitrogen and oxygen atoms in total. The molecule has 0 radical (unpaired) electrons. The van der Waals surface area contributed by atoms with Gasteiger partial charge in [-0.2, -0.15) is 0 Å². The lowest BCUT2D eigenvalue weighted by Gasteiger charge is -2.40. The second-order valence-electron chi connectivity index (χ2n) is 15.4. The van der Waals surface area contributed by atoms with Crippen molar-refractivity contribution in [2.45, 2.75) is 76.7 Å². The standard InChI is InChI=1S/C42H40Cl2N4O6/c1-41(2)39(51)47(21-25-13-17-35(49)45-25)31-15-11-23(19-33(31)53-41)27-7-5-9-29(37(27)43)30-10-6-8-28(38(30)44)24-12-16-32-34(20-24)54-42(3,4)40(52)48(32)22-26-14-18-36(50)46-26/h5-12,15-16,19-20,25-26H,13-14,17-18,21-22H2,1-4H3,(H,45,49)(H,46,50)/t25-,26-/m0/s1. The summed E-state index contributed by atoms with van der Waals surface area (Å²) in [6, 6.07) is 22.7. The van der Waals surface area contributed by atoms with E-state index in [2.05, 4.69) is 10.6 Å². The van der Waals surface area contributed by atoms with Gasteiger partial charge in [0.1, 0.15) is 11.5 Å². The lowest BCUT2D eigenvalue weighted by molar-refractivity contribution is -0.133. The summed E-state index contributed by atoms with van der Waals surface area (Å²) in [5.41, 5.74) is 3.68. The van der Waals surface area contributed by atoms with Gasteiger partial charge in [0.2, 0.25) is 11.8 Å². The van der Waals surface area contributed by atoms with E-state index in [-0.39, 0.29) is 35.7 Å². The topological polar surface area (TPSA) is 117 Å². The van der Waals surface area contributed by atoms with Crippen molar-refractivity contribution >= 4 is 58.2 Å². The van der Waals surface area contributed by atoms with E-state index in [1.807, 2.05) is 72.8 Å². The molecule has 4 aliphatic rings. The normalized spacial score (nSPS) is 21.2. The number of hydrogen-bond acceptors (Lipinski definition) is 6. The average molecular weight is 768 g/mol. The van der Waals surface area contributed by atoms with Crippen LogP contribution >= 0.6 is 23.2 Å². The van der Waals surface area contributed by atoms with E-state index in [1.165, 1.54) is 0 Å². The number of hydrogen-bond donors (Lipinski definition) is 2. The minimum absolute atomic E-state index is 0.00586. The number of ether oxygens (including phenoxy) is 2. The monoisotopic (exact) mass is 766 g/mol. The lowest BCUT2D eigenvalue weighted by Crippen LogP contribution is -2.55. The van der Waals surface area contributed by atoms with Crippen LogP contribution in [0.15, 0.2) is 72.8 Å². The molecular weight excluding hydrogens is 727 g/mol. The number of nitrogens with zero attached hydrogens (tertiary/aromatic N) is 2. The molecule has 54 heavy (non-hydrogen) atoms. The number of rotatable bonds is 7. The molecule has 0 unspecified atom stereocenters. The number of fused-ring (bicyclic) bond motifs is 2. The number of benzene rings is 4. The van der Waals surface area contributed by atoms with Gasteiger partial charge in [-0.25, -0.2) is 0 Å². The summed E-state index contributed by atoms with van der Waals surface area (Å²) in [6.45, 7) is 7.71. The Labute approximate surface area is 323 Å². The first-order chi connectivity index (χ1) is 25.7. The molecule has 0 aliphatic carbocycles. The quantitative estimate of drug-likeness (QED) is 0.201. The minimum atomic E-state index is -1.10. The summed E-state index contributed by atoms with van der Waals surface area (Å²) in [5, 5.41) is 6.92. The van der Waals surface area contributed by atoms with Crippen LogP contribution in [-0.4, -0.2) is 60.0 Å². The third kappa shape index (κ3) is 6.35. The largest absolute Gasteiger partial charge is 0.476 e. The summed E-state index contributed by atoms with van der Waals surface area (Å²) >= 11 is 14.4. The van der Waals surface area contributed by atoms with Crippen LogP contribution in [0.3, 0.4) is 0 Å². The molecule has 8 rings (SSSR count). The van der Waals surface area contributed by atoms with Gasteiger partial charge in [-0.15, -0.1) is 0 Å². The van der Waals surface area contributed by atoms with Crippen LogP contribution in [0, 0.1) is 0 Å². The summed E-state index contributed by atoms with van der Waals surface area (Å²) < 4.78 is 12.5. The Hall–Kier alpha value is -5.06. The Bertz CT molecular complexity index is 2100. The maximum atomic E-state index is 13.5. The molecule has 4 aromatic carbocycles. The first-order valence-electron chi connectivity index (χ1n) is 18.2. The van der Waals surface area contributed by atoms with E-state index in [0.717, 1.165) is 33.4 Å². The number of amides is 4. The molecule has 4 heterocycles. The molecule has 0 bridgehead atoms. The fraction of sp³-hybridized carbons (Fsp3) is 0.333. The molecule has 4 aromatic rings. The van der Waals surface area contributed by atoms with Crippen LogP contribution in [0.25, 0.3) is 33.4 Å². The molecule has 278 valence electrons. The number of anilines is 2. The van der Waals surface area contributed by atoms with E-state index >= 15 is 0 Å². The molecular formula is C42H40Cl2N4O6. The lowest BCUT2D eigenvalue weighted by atomic mass is 9.94. The third-order valence-electron chi connectivity index (χ3n) is 10.6. The average Bonchev–Trinajstić information content (AvgIpc) is 3.74. The van der Waals surface area contributed by atoms with Gasteiger partial charge in [0, 0.05) is 60.3 Å². The molecule has 2 fully saturated rings. The summed E-state index contributed by atoms with van der Waals surface area (Å²) in [7, 11) is 0. The van der Waals surface area contributed by atoms with Gasteiger partial charge in [-0.1, -0.05) is 71.7 Å². The van der Waals surface area contributed by atoms with Crippen molar-refractivity contribution in [3.63, 3.8) is 0 Å². The zero-order chi connectivity index (χ0) is 38.1. The SMILES string of the molecule is CC1(C)Oc2cc(-c3cccc(-c4cccc(-c5ccc6c(c5)OC(C)(C)C(=O)N6C[C@@H]5CCC(=O)N5)c4Cl)c3Cl)ccc2N(C[C@@H]2CCC(=O)N2)C1=O. The zero-order valence-electron chi connectivity index (χ0n) is 30.4. The molecule has 2 saturated heterocycles. The first-order valence-corrected chi connectivity index (χ1v) is 18.9. The van der Waals surface area contributed by atoms with Crippen LogP contribution in [0.1, 0.15) is 53.4 Å². The Morgan fingerprint density at radius 1 is 0.611 bits per heavy atom. The number of carbonyl (C=O) groups is 4. The molecule has 4 aliphatic heterocycles. The molecule has 0 spiro atoms. The second-order valence-corrected chi connectivity index (χ2v) is 16.1. The first kappa shape index (κ1) is 35.9. The van der Waals surface area contributed by atoms with Crippen molar-refractivity contribution in [2.75, 3.05) is 22.9 Å². The van der Waals surface area contributed by atoms with E-state index in [1.54, 1.807) is 37.5 Å². The van der Waals surface area contributed by atoms with Gasteiger partial charge in [0.15, 0.2) is 11.2 Å². The van der Waals surface area contributed by atoms with Gasteiger partial charge in [-0.05, 0) is 75.9 Å². The predicted octanol–water partition coefficient (Wildman–Crippen LogP) is 7.56. The van der Waals surface area contributed by atoms with Crippen molar-refractivity contribution in [3.8, 4) is 44.9 Å². The Balaban J connectivity index is 1.11. The fourth-order valence-corrected chi connectivity index (χ4v) is 8.51. The zero-order valence-corrected chi connectivity index (χ0v) is 31.9. The highest BCUT2D eigenvalue weighted by molar-refractivity contribution is 6.39. The molecule has 2 N–H and O–H groups in total. The van der Waals surface area contributed by atoms with E-state index in [9.17, 15) is 19.2 Å². The maximum absolute atomic E-state index is 13.5. The third-order valence-corrected chi connectivity index (χ3v) is 11.5. The Morgan fingerprint density at radius 3 is 1.37 bits per heavy atom. The number of carbonyl (C=O) groups excluding carboxylic acids is 4. The molecule has 0 aromatic heterocycles. The fourth-order valence-electron chi connectivity index (χ4n) is 7.84. The van der Waals surface area contributed by atoms with Gasteiger partial charge < -0.3 is 29.9 Å². The van der Waals surface area contributed by atoms with Crippen LogP contribution < -0.4 is 29.9 Å². The molecule has 2 atom stereocenters. The second kappa shape index (κ2) is 13.4. The highest BCUT2D eigenvalue weighted by Gasteiger charge is 2.44. The molecule has 12 heteroatoms. The maximum Gasteiger partial charge on any atom is 0.270 e. The van der Waals surface area contributed by atoms with Crippen LogP contribution in [0.5, 0.6) is 11.5 Å². The van der Waals surface area contributed by atoms with E-state index in [0.29, 0.717) is 71.7 Å². The number of nitrogens with one attached hydrogen (secondary N) is 2. The van der Waals surface area contributed by atoms with Gasteiger partial charge >= 0.3 is 0 Å².